The van der Waals surface area contributed by atoms with E-state index >= 15 is 0 Å². The molecule has 2 N–H and O–H groups in total. The number of rotatable bonds is 5. The number of carbonyl (C=O) groups is 2. The van der Waals surface area contributed by atoms with E-state index in [0.717, 1.165) is 4.90 Å². The van der Waals surface area contributed by atoms with Crippen molar-refractivity contribution in [2.24, 2.45) is 0 Å². The van der Waals surface area contributed by atoms with E-state index in [9.17, 15) is 9.59 Å². The predicted octanol–water partition coefficient (Wildman–Crippen LogP) is 2.41. The maximum atomic E-state index is 11.6. The van der Waals surface area contributed by atoms with Gasteiger partial charge in [0.15, 0.2) is 0 Å². The first-order valence-corrected chi connectivity index (χ1v) is 6.61. The molecule has 98 valence electrons. The zero-order valence-corrected chi connectivity index (χ0v) is 11.6. The van der Waals surface area contributed by atoms with Gasteiger partial charge in [0.1, 0.15) is 5.54 Å². The van der Waals surface area contributed by atoms with Crippen LogP contribution in [0.1, 0.15) is 13.8 Å². The molecular formula is C12H14ClNO3S. The molecule has 0 aliphatic carbocycles. The van der Waals surface area contributed by atoms with Gasteiger partial charge in [-0.1, -0.05) is 23.7 Å². The fraction of sp³-hybridized carbons (Fsp3) is 0.333. The maximum absolute atomic E-state index is 11.6. The van der Waals surface area contributed by atoms with Gasteiger partial charge >= 0.3 is 5.97 Å². The molecule has 0 aliphatic heterocycles. The Morgan fingerprint density at radius 1 is 1.39 bits per heavy atom. The molecule has 0 aliphatic rings. The Balaban J connectivity index is 2.53. The smallest absolute Gasteiger partial charge is 0.328 e. The summed E-state index contributed by atoms with van der Waals surface area (Å²) in [6.07, 6.45) is 0. The summed E-state index contributed by atoms with van der Waals surface area (Å²) in [5, 5.41) is 11.9. The first-order chi connectivity index (χ1) is 8.33. The minimum absolute atomic E-state index is 0.125. The van der Waals surface area contributed by atoms with Crippen molar-refractivity contribution in [1.29, 1.82) is 0 Å². The Morgan fingerprint density at radius 2 is 2.00 bits per heavy atom. The number of nitrogens with one attached hydrogen (secondary N) is 1. The summed E-state index contributed by atoms with van der Waals surface area (Å²) < 4.78 is 0. The highest BCUT2D eigenvalue weighted by atomic mass is 35.5. The Bertz CT molecular complexity index is 462. The molecule has 0 spiro atoms. The van der Waals surface area contributed by atoms with Crippen LogP contribution < -0.4 is 5.32 Å². The SMILES string of the molecule is CC(C)(NC(=O)CSc1ccccc1Cl)C(=O)O. The molecule has 0 fully saturated rings. The van der Waals surface area contributed by atoms with Crippen molar-refractivity contribution >= 4 is 35.2 Å². The number of carboxylic acid groups (broad SMARTS) is 1. The molecule has 1 aromatic carbocycles. The van der Waals surface area contributed by atoms with Gasteiger partial charge in [0.2, 0.25) is 5.91 Å². The van der Waals surface area contributed by atoms with E-state index in [1.807, 2.05) is 12.1 Å². The Hall–Kier alpha value is -1.20. The second kappa shape index (κ2) is 6.11. The zero-order chi connectivity index (χ0) is 13.8. The molecule has 1 amide bonds. The van der Waals surface area contributed by atoms with Crippen LogP contribution in [0, 0.1) is 0 Å². The molecule has 0 heterocycles. The number of carbonyl (C=O) groups excluding carboxylic acids is 1. The molecule has 18 heavy (non-hydrogen) atoms. The Kier molecular flexibility index (Phi) is 5.04. The van der Waals surface area contributed by atoms with Gasteiger partial charge in [0.25, 0.3) is 0 Å². The lowest BCUT2D eigenvalue weighted by Crippen LogP contribution is -2.50. The Morgan fingerprint density at radius 3 is 2.56 bits per heavy atom. The molecule has 6 heteroatoms. The van der Waals surface area contributed by atoms with Crippen LogP contribution in [0.4, 0.5) is 0 Å². The largest absolute Gasteiger partial charge is 0.480 e. The molecule has 1 aromatic rings. The van der Waals surface area contributed by atoms with Gasteiger partial charge in [-0.05, 0) is 26.0 Å². The number of halogens is 1. The number of hydrogen-bond donors (Lipinski definition) is 2. The summed E-state index contributed by atoms with van der Waals surface area (Å²) in [5.74, 6) is -1.29. The van der Waals surface area contributed by atoms with Crippen molar-refractivity contribution in [3.8, 4) is 0 Å². The first kappa shape index (κ1) is 14.9. The predicted molar refractivity (Wildman–Crippen MR) is 72.0 cm³/mol. The van der Waals surface area contributed by atoms with Crippen molar-refractivity contribution in [1.82, 2.24) is 5.32 Å². The molecule has 0 radical (unpaired) electrons. The lowest BCUT2D eigenvalue weighted by molar-refractivity contribution is -0.145. The third kappa shape index (κ3) is 4.23. The third-order valence-corrected chi connectivity index (χ3v) is 3.70. The monoisotopic (exact) mass is 287 g/mol. The van der Waals surface area contributed by atoms with Gasteiger partial charge in [-0.15, -0.1) is 11.8 Å². The number of amides is 1. The van der Waals surface area contributed by atoms with Crippen LogP contribution in [0.25, 0.3) is 0 Å². The van der Waals surface area contributed by atoms with Gasteiger partial charge in [0, 0.05) is 4.90 Å². The molecular weight excluding hydrogens is 274 g/mol. The van der Waals surface area contributed by atoms with E-state index in [1.54, 1.807) is 12.1 Å². The molecule has 0 unspecified atom stereocenters. The van der Waals surface area contributed by atoms with Gasteiger partial charge in [-0.25, -0.2) is 4.79 Å². The van der Waals surface area contributed by atoms with E-state index in [2.05, 4.69) is 5.32 Å². The fourth-order valence-electron chi connectivity index (χ4n) is 1.14. The number of thioether (sulfide) groups is 1. The summed E-state index contributed by atoms with van der Waals surface area (Å²) in [7, 11) is 0. The molecule has 0 bridgehead atoms. The van der Waals surface area contributed by atoms with Crippen LogP contribution >= 0.6 is 23.4 Å². The van der Waals surface area contributed by atoms with E-state index in [1.165, 1.54) is 25.6 Å². The van der Waals surface area contributed by atoms with Crippen LogP contribution in [0.3, 0.4) is 0 Å². The number of carboxylic acids is 1. The summed E-state index contributed by atoms with van der Waals surface area (Å²) in [6, 6.07) is 7.18. The number of aliphatic carboxylic acids is 1. The third-order valence-electron chi connectivity index (χ3n) is 2.18. The maximum Gasteiger partial charge on any atom is 0.328 e. The minimum atomic E-state index is -1.27. The van der Waals surface area contributed by atoms with Crippen LogP contribution in [0.2, 0.25) is 5.02 Å². The van der Waals surface area contributed by atoms with Gasteiger partial charge < -0.3 is 10.4 Å². The lowest BCUT2D eigenvalue weighted by Gasteiger charge is -2.20. The lowest BCUT2D eigenvalue weighted by atomic mass is 10.1. The second-order valence-electron chi connectivity index (χ2n) is 4.20. The van der Waals surface area contributed by atoms with Crippen LogP contribution in [0.5, 0.6) is 0 Å². The molecule has 0 atom stereocenters. The summed E-state index contributed by atoms with van der Waals surface area (Å²) in [5.41, 5.74) is -1.27. The second-order valence-corrected chi connectivity index (χ2v) is 5.62. The summed E-state index contributed by atoms with van der Waals surface area (Å²) in [6.45, 7) is 2.88. The van der Waals surface area contributed by atoms with E-state index in [4.69, 9.17) is 16.7 Å². The molecule has 0 saturated heterocycles. The molecule has 1 rings (SSSR count). The van der Waals surface area contributed by atoms with E-state index in [-0.39, 0.29) is 11.7 Å². The minimum Gasteiger partial charge on any atom is -0.480 e. The van der Waals surface area contributed by atoms with Crippen molar-refractivity contribution in [2.75, 3.05) is 5.75 Å². The van der Waals surface area contributed by atoms with E-state index < -0.39 is 11.5 Å². The van der Waals surface area contributed by atoms with Crippen molar-refractivity contribution < 1.29 is 14.7 Å². The average molecular weight is 288 g/mol. The zero-order valence-electron chi connectivity index (χ0n) is 10.1. The van der Waals surface area contributed by atoms with Gasteiger partial charge in [0.05, 0.1) is 10.8 Å². The number of hydrogen-bond acceptors (Lipinski definition) is 3. The summed E-state index contributed by atoms with van der Waals surface area (Å²) in [4.78, 5) is 23.2. The highest BCUT2D eigenvalue weighted by molar-refractivity contribution is 8.00. The van der Waals surface area contributed by atoms with Crippen molar-refractivity contribution in [3.05, 3.63) is 29.3 Å². The van der Waals surface area contributed by atoms with Gasteiger partial charge in [-0.3, -0.25) is 4.79 Å². The highest BCUT2D eigenvalue weighted by Crippen LogP contribution is 2.26. The molecule has 4 nitrogen and oxygen atoms in total. The first-order valence-electron chi connectivity index (χ1n) is 5.24. The van der Waals surface area contributed by atoms with Crippen LogP contribution in [-0.4, -0.2) is 28.3 Å². The van der Waals surface area contributed by atoms with Crippen molar-refractivity contribution in [2.45, 2.75) is 24.3 Å². The van der Waals surface area contributed by atoms with Crippen LogP contribution in [-0.2, 0) is 9.59 Å². The molecule has 0 aromatic heterocycles. The normalized spacial score (nSPS) is 11.1. The van der Waals surface area contributed by atoms with Gasteiger partial charge in [-0.2, -0.15) is 0 Å². The molecule has 0 saturated carbocycles. The fourth-order valence-corrected chi connectivity index (χ4v) is 2.18. The standard InChI is InChI=1S/C12H14ClNO3S/c1-12(2,11(16)17)14-10(15)7-18-9-6-4-3-5-8(9)13/h3-6H,7H2,1-2H3,(H,14,15)(H,16,17). The topological polar surface area (TPSA) is 66.4 Å². The van der Waals surface area contributed by atoms with E-state index in [0.29, 0.717) is 5.02 Å². The summed E-state index contributed by atoms with van der Waals surface area (Å²) >= 11 is 7.22. The average Bonchev–Trinajstić information content (AvgIpc) is 2.27. The van der Waals surface area contributed by atoms with Crippen molar-refractivity contribution in [3.63, 3.8) is 0 Å². The van der Waals surface area contributed by atoms with Crippen LogP contribution in [0.15, 0.2) is 29.2 Å². The highest BCUT2D eigenvalue weighted by Gasteiger charge is 2.28. The number of benzene rings is 1. The quantitative estimate of drug-likeness (QED) is 0.816. The Labute approximate surface area is 115 Å².